The fourth-order valence-corrected chi connectivity index (χ4v) is 3.05. The van der Waals surface area contributed by atoms with Crippen molar-refractivity contribution in [1.29, 1.82) is 0 Å². The Morgan fingerprint density at radius 3 is 2.42 bits per heavy atom. The van der Waals surface area contributed by atoms with Crippen molar-refractivity contribution in [2.75, 3.05) is 6.61 Å². The number of nitrogens with one attached hydrogen (secondary N) is 1. The summed E-state index contributed by atoms with van der Waals surface area (Å²) in [7, 11) is 0. The van der Waals surface area contributed by atoms with Crippen LogP contribution in [0.2, 0.25) is 0 Å². The van der Waals surface area contributed by atoms with Crippen molar-refractivity contribution in [1.82, 2.24) is 5.32 Å². The standard InChI is InChI=1S/C20H26BrNO2/c1-5-23-19-12-16(11-18(21)20(19)24-14(2)3)13-22-15(4)17-9-7-6-8-10-17/h6-12,14-15,22H,5,13H2,1-4H3. The second kappa shape index (κ2) is 9.09. The summed E-state index contributed by atoms with van der Waals surface area (Å²) in [5.41, 5.74) is 2.44. The van der Waals surface area contributed by atoms with Crippen LogP contribution in [0, 0.1) is 0 Å². The van der Waals surface area contributed by atoms with Crippen LogP contribution in [0.5, 0.6) is 11.5 Å². The molecule has 0 saturated heterocycles. The lowest BCUT2D eigenvalue weighted by atomic mass is 10.1. The Morgan fingerprint density at radius 1 is 1.08 bits per heavy atom. The molecule has 0 aliphatic rings. The van der Waals surface area contributed by atoms with Gasteiger partial charge in [0.15, 0.2) is 11.5 Å². The van der Waals surface area contributed by atoms with Gasteiger partial charge in [-0.3, -0.25) is 0 Å². The van der Waals surface area contributed by atoms with Crippen molar-refractivity contribution in [2.24, 2.45) is 0 Å². The van der Waals surface area contributed by atoms with Gasteiger partial charge in [0.25, 0.3) is 0 Å². The zero-order chi connectivity index (χ0) is 17.5. The minimum Gasteiger partial charge on any atom is -0.490 e. The maximum atomic E-state index is 5.89. The summed E-state index contributed by atoms with van der Waals surface area (Å²) in [4.78, 5) is 0. The van der Waals surface area contributed by atoms with E-state index in [4.69, 9.17) is 9.47 Å². The maximum Gasteiger partial charge on any atom is 0.175 e. The normalized spacial score (nSPS) is 12.2. The van der Waals surface area contributed by atoms with Crippen LogP contribution in [-0.4, -0.2) is 12.7 Å². The Kier molecular flexibility index (Phi) is 7.13. The van der Waals surface area contributed by atoms with E-state index in [0.29, 0.717) is 6.61 Å². The number of ether oxygens (including phenoxy) is 2. The van der Waals surface area contributed by atoms with Gasteiger partial charge in [0, 0.05) is 12.6 Å². The predicted octanol–water partition coefficient (Wildman–Crippen LogP) is 5.49. The van der Waals surface area contributed by atoms with Gasteiger partial charge in [-0.25, -0.2) is 0 Å². The molecule has 0 fully saturated rings. The highest BCUT2D eigenvalue weighted by atomic mass is 79.9. The minimum absolute atomic E-state index is 0.0996. The van der Waals surface area contributed by atoms with Gasteiger partial charge in [0.05, 0.1) is 17.2 Å². The highest BCUT2D eigenvalue weighted by molar-refractivity contribution is 9.10. The lowest BCUT2D eigenvalue weighted by molar-refractivity contribution is 0.222. The molecule has 2 rings (SSSR count). The Hall–Kier alpha value is -1.52. The lowest BCUT2D eigenvalue weighted by Gasteiger charge is -2.19. The second-order valence-corrected chi connectivity index (χ2v) is 6.87. The van der Waals surface area contributed by atoms with Crippen LogP contribution in [0.3, 0.4) is 0 Å². The Balaban J connectivity index is 2.12. The minimum atomic E-state index is 0.0996. The first-order chi connectivity index (χ1) is 11.5. The molecular formula is C20H26BrNO2. The summed E-state index contributed by atoms with van der Waals surface area (Å²) < 4.78 is 12.6. The fourth-order valence-electron chi connectivity index (χ4n) is 2.47. The fraction of sp³-hybridized carbons (Fsp3) is 0.400. The first-order valence-corrected chi connectivity index (χ1v) is 9.20. The van der Waals surface area contributed by atoms with Gasteiger partial charge in [0.1, 0.15) is 0 Å². The van der Waals surface area contributed by atoms with E-state index in [1.165, 1.54) is 5.56 Å². The van der Waals surface area contributed by atoms with Crippen LogP contribution in [0.4, 0.5) is 0 Å². The molecule has 3 nitrogen and oxygen atoms in total. The Morgan fingerprint density at radius 2 is 1.79 bits per heavy atom. The molecule has 0 aliphatic carbocycles. The summed E-state index contributed by atoms with van der Waals surface area (Å²) in [6, 6.07) is 14.9. The Bertz CT molecular complexity index is 644. The third-order valence-electron chi connectivity index (χ3n) is 3.63. The molecule has 1 unspecified atom stereocenters. The molecule has 2 aromatic rings. The number of halogens is 1. The molecule has 0 spiro atoms. The van der Waals surface area contributed by atoms with Crippen molar-refractivity contribution in [3.8, 4) is 11.5 Å². The second-order valence-electron chi connectivity index (χ2n) is 6.02. The topological polar surface area (TPSA) is 30.5 Å². The van der Waals surface area contributed by atoms with Gasteiger partial charge >= 0.3 is 0 Å². The molecule has 0 bridgehead atoms. The van der Waals surface area contributed by atoms with Gasteiger partial charge < -0.3 is 14.8 Å². The van der Waals surface area contributed by atoms with E-state index in [9.17, 15) is 0 Å². The first-order valence-electron chi connectivity index (χ1n) is 8.41. The average molecular weight is 392 g/mol. The molecule has 4 heteroatoms. The number of benzene rings is 2. The van der Waals surface area contributed by atoms with Gasteiger partial charge in [-0.1, -0.05) is 30.3 Å². The van der Waals surface area contributed by atoms with E-state index in [1.54, 1.807) is 0 Å². The molecule has 130 valence electrons. The van der Waals surface area contributed by atoms with Gasteiger partial charge in [-0.2, -0.15) is 0 Å². The predicted molar refractivity (Wildman–Crippen MR) is 103 cm³/mol. The van der Waals surface area contributed by atoms with E-state index >= 15 is 0 Å². The van der Waals surface area contributed by atoms with Crippen LogP contribution < -0.4 is 14.8 Å². The van der Waals surface area contributed by atoms with Crippen molar-refractivity contribution >= 4 is 15.9 Å². The van der Waals surface area contributed by atoms with E-state index in [1.807, 2.05) is 26.8 Å². The summed E-state index contributed by atoms with van der Waals surface area (Å²) >= 11 is 3.62. The van der Waals surface area contributed by atoms with Crippen LogP contribution in [0.15, 0.2) is 46.9 Å². The average Bonchev–Trinajstić information content (AvgIpc) is 2.56. The van der Waals surface area contributed by atoms with Gasteiger partial charge in [0.2, 0.25) is 0 Å². The molecule has 1 atom stereocenters. The third-order valence-corrected chi connectivity index (χ3v) is 4.22. The lowest BCUT2D eigenvalue weighted by Crippen LogP contribution is -2.18. The molecular weight excluding hydrogens is 366 g/mol. The highest BCUT2D eigenvalue weighted by Crippen LogP contribution is 2.37. The van der Waals surface area contributed by atoms with Crippen molar-refractivity contribution in [3.63, 3.8) is 0 Å². The summed E-state index contributed by atoms with van der Waals surface area (Å²) in [5, 5.41) is 3.55. The van der Waals surface area contributed by atoms with Crippen molar-refractivity contribution < 1.29 is 9.47 Å². The molecule has 24 heavy (non-hydrogen) atoms. The van der Waals surface area contributed by atoms with E-state index < -0.39 is 0 Å². The molecule has 0 saturated carbocycles. The molecule has 0 amide bonds. The van der Waals surface area contributed by atoms with Crippen LogP contribution >= 0.6 is 15.9 Å². The summed E-state index contributed by atoms with van der Waals surface area (Å²) in [6.07, 6.45) is 0.0996. The van der Waals surface area contributed by atoms with Crippen molar-refractivity contribution in [3.05, 3.63) is 58.1 Å². The zero-order valence-electron chi connectivity index (χ0n) is 14.8. The largest absolute Gasteiger partial charge is 0.490 e. The monoisotopic (exact) mass is 391 g/mol. The highest BCUT2D eigenvalue weighted by Gasteiger charge is 2.14. The molecule has 1 N–H and O–H groups in total. The van der Waals surface area contributed by atoms with E-state index in [0.717, 1.165) is 28.1 Å². The Labute approximate surface area is 153 Å². The van der Waals surface area contributed by atoms with Gasteiger partial charge in [-0.15, -0.1) is 0 Å². The van der Waals surface area contributed by atoms with Crippen molar-refractivity contribution in [2.45, 2.75) is 46.4 Å². The molecule has 2 aromatic carbocycles. The number of hydrogen-bond acceptors (Lipinski definition) is 3. The third kappa shape index (κ3) is 5.25. The van der Waals surface area contributed by atoms with Crippen LogP contribution in [-0.2, 0) is 6.54 Å². The number of hydrogen-bond donors (Lipinski definition) is 1. The molecule has 0 radical (unpaired) electrons. The smallest absolute Gasteiger partial charge is 0.175 e. The van der Waals surface area contributed by atoms with E-state index in [2.05, 4.69) is 64.6 Å². The summed E-state index contributed by atoms with van der Waals surface area (Å²) in [6.45, 7) is 9.55. The van der Waals surface area contributed by atoms with E-state index in [-0.39, 0.29) is 12.1 Å². The SMILES string of the molecule is CCOc1cc(CNC(C)c2ccccc2)cc(Br)c1OC(C)C. The molecule has 0 heterocycles. The first kappa shape index (κ1) is 18.8. The molecule has 0 aromatic heterocycles. The van der Waals surface area contributed by atoms with Gasteiger partial charge in [-0.05, 0) is 66.9 Å². The number of rotatable bonds is 8. The maximum absolute atomic E-state index is 5.89. The molecule has 0 aliphatic heterocycles. The summed E-state index contributed by atoms with van der Waals surface area (Å²) in [5.74, 6) is 1.55. The van der Waals surface area contributed by atoms with Crippen LogP contribution in [0.1, 0.15) is 44.9 Å². The quantitative estimate of drug-likeness (QED) is 0.645. The zero-order valence-corrected chi connectivity index (χ0v) is 16.4. The van der Waals surface area contributed by atoms with Crippen LogP contribution in [0.25, 0.3) is 0 Å².